The second kappa shape index (κ2) is 5.84. The highest BCUT2D eigenvalue weighted by molar-refractivity contribution is 5.84. The summed E-state index contributed by atoms with van der Waals surface area (Å²) in [6.45, 7) is 5.32. The lowest BCUT2D eigenvalue weighted by molar-refractivity contribution is -0.148. The summed E-state index contributed by atoms with van der Waals surface area (Å²) in [6, 6.07) is -0.506. The first-order chi connectivity index (χ1) is 7.56. The summed E-state index contributed by atoms with van der Waals surface area (Å²) in [7, 11) is 0. The number of nitrogens with zero attached hydrogens (tertiary/aromatic N) is 1. The Hall–Kier alpha value is -1.10. The number of aliphatic carboxylic acids is 1. The van der Waals surface area contributed by atoms with Gasteiger partial charge in [0.2, 0.25) is 5.91 Å². The van der Waals surface area contributed by atoms with Crippen LogP contribution in [-0.2, 0) is 9.59 Å². The molecule has 2 N–H and O–H groups in total. The lowest BCUT2D eigenvalue weighted by Gasteiger charge is -2.23. The van der Waals surface area contributed by atoms with Crippen molar-refractivity contribution >= 4 is 11.9 Å². The van der Waals surface area contributed by atoms with Crippen molar-refractivity contribution < 1.29 is 14.7 Å². The Morgan fingerprint density at radius 2 is 2.25 bits per heavy atom. The molecule has 1 rings (SSSR count). The summed E-state index contributed by atoms with van der Waals surface area (Å²) in [5.74, 6) is -0.944. The van der Waals surface area contributed by atoms with Crippen molar-refractivity contribution in [1.82, 2.24) is 10.2 Å². The first-order valence-electron chi connectivity index (χ1n) is 5.82. The lowest BCUT2D eigenvalue weighted by Crippen LogP contribution is -2.43. The third kappa shape index (κ3) is 3.20. The fourth-order valence-corrected chi connectivity index (χ4v) is 2.12. The van der Waals surface area contributed by atoms with Gasteiger partial charge in [-0.2, -0.15) is 0 Å². The van der Waals surface area contributed by atoms with Crippen LogP contribution < -0.4 is 5.32 Å². The Morgan fingerprint density at radius 3 is 2.81 bits per heavy atom. The number of carboxylic acid groups (broad SMARTS) is 1. The van der Waals surface area contributed by atoms with E-state index in [9.17, 15) is 9.59 Å². The molecule has 1 saturated heterocycles. The Balaban J connectivity index is 2.49. The fraction of sp³-hybridized carbons (Fsp3) is 0.818. The van der Waals surface area contributed by atoms with Crippen LogP contribution in [0, 0.1) is 0 Å². The Bertz CT molecular complexity index is 268. The van der Waals surface area contributed by atoms with Crippen LogP contribution in [0.15, 0.2) is 0 Å². The third-order valence-corrected chi connectivity index (χ3v) is 2.89. The van der Waals surface area contributed by atoms with Crippen LogP contribution in [-0.4, -0.2) is 47.1 Å². The van der Waals surface area contributed by atoms with E-state index in [1.807, 2.05) is 13.8 Å². The van der Waals surface area contributed by atoms with Gasteiger partial charge < -0.3 is 15.3 Å². The van der Waals surface area contributed by atoms with E-state index in [0.29, 0.717) is 19.4 Å². The maximum absolute atomic E-state index is 11.9. The SMILES string of the molecule is CCNC(C)CC(=O)N1CCC[C@@H]1C(=O)O. The van der Waals surface area contributed by atoms with Crippen molar-refractivity contribution in [3.8, 4) is 0 Å². The highest BCUT2D eigenvalue weighted by atomic mass is 16.4. The smallest absolute Gasteiger partial charge is 0.326 e. The van der Waals surface area contributed by atoms with Gasteiger partial charge in [-0.25, -0.2) is 4.79 Å². The van der Waals surface area contributed by atoms with E-state index in [4.69, 9.17) is 5.11 Å². The zero-order chi connectivity index (χ0) is 12.1. The molecule has 92 valence electrons. The molecule has 1 unspecified atom stereocenters. The van der Waals surface area contributed by atoms with E-state index in [-0.39, 0.29) is 11.9 Å². The number of likely N-dealkylation sites (tertiary alicyclic amines) is 1. The molecule has 1 aliphatic heterocycles. The van der Waals surface area contributed by atoms with Gasteiger partial charge >= 0.3 is 5.97 Å². The van der Waals surface area contributed by atoms with E-state index in [0.717, 1.165) is 13.0 Å². The van der Waals surface area contributed by atoms with Crippen molar-refractivity contribution in [2.45, 2.75) is 45.2 Å². The first-order valence-corrected chi connectivity index (χ1v) is 5.82. The topological polar surface area (TPSA) is 69.6 Å². The van der Waals surface area contributed by atoms with Gasteiger partial charge in [-0.15, -0.1) is 0 Å². The summed E-state index contributed by atoms with van der Waals surface area (Å²) < 4.78 is 0. The van der Waals surface area contributed by atoms with E-state index in [2.05, 4.69) is 5.32 Å². The van der Waals surface area contributed by atoms with Crippen molar-refractivity contribution in [1.29, 1.82) is 0 Å². The molecule has 5 nitrogen and oxygen atoms in total. The summed E-state index contributed by atoms with van der Waals surface area (Å²) in [5, 5.41) is 12.1. The number of hydrogen-bond donors (Lipinski definition) is 2. The van der Waals surface area contributed by atoms with Gasteiger partial charge in [0.05, 0.1) is 0 Å². The van der Waals surface area contributed by atoms with E-state index in [1.54, 1.807) is 0 Å². The molecular formula is C11H20N2O3. The van der Waals surface area contributed by atoms with Crippen molar-refractivity contribution in [3.63, 3.8) is 0 Å². The minimum atomic E-state index is -0.887. The quantitative estimate of drug-likeness (QED) is 0.717. The van der Waals surface area contributed by atoms with Gasteiger partial charge in [0.15, 0.2) is 0 Å². The van der Waals surface area contributed by atoms with Crippen LogP contribution >= 0.6 is 0 Å². The van der Waals surface area contributed by atoms with Gasteiger partial charge in [-0.3, -0.25) is 4.79 Å². The molecule has 0 aromatic heterocycles. The normalized spacial score (nSPS) is 22.1. The molecular weight excluding hydrogens is 208 g/mol. The molecule has 0 saturated carbocycles. The monoisotopic (exact) mass is 228 g/mol. The second-order valence-corrected chi connectivity index (χ2v) is 4.25. The highest BCUT2D eigenvalue weighted by Gasteiger charge is 2.33. The molecule has 1 heterocycles. The molecule has 0 aromatic rings. The van der Waals surface area contributed by atoms with Crippen LogP contribution in [0.2, 0.25) is 0 Å². The van der Waals surface area contributed by atoms with Gasteiger partial charge in [0.25, 0.3) is 0 Å². The zero-order valence-corrected chi connectivity index (χ0v) is 9.90. The summed E-state index contributed by atoms with van der Waals surface area (Å²) >= 11 is 0. The standard InChI is InChI=1S/C11H20N2O3/c1-3-12-8(2)7-10(14)13-6-4-5-9(13)11(15)16/h8-9,12H,3-7H2,1-2H3,(H,15,16)/t8?,9-/m1/s1. The second-order valence-electron chi connectivity index (χ2n) is 4.25. The first kappa shape index (κ1) is 13.0. The molecule has 1 amide bonds. The maximum atomic E-state index is 11.9. The number of carbonyl (C=O) groups is 2. The summed E-state index contributed by atoms with van der Waals surface area (Å²) in [4.78, 5) is 24.3. The van der Waals surface area contributed by atoms with E-state index >= 15 is 0 Å². The Kier molecular flexibility index (Phi) is 4.73. The number of nitrogens with one attached hydrogen (secondary N) is 1. The van der Waals surface area contributed by atoms with Gasteiger partial charge in [0.1, 0.15) is 6.04 Å². The molecule has 0 radical (unpaired) electrons. The minimum absolute atomic E-state index is 0.0571. The number of hydrogen-bond acceptors (Lipinski definition) is 3. The predicted molar refractivity (Wildman–Crippen MR) is 60.1 cm³/mol. The van der Waals surface area contributed by atoms with Crippen molar-refractivity contribution in [3.05, 3.63) is 0 Å². The number of carboxylic acids is 1. The van der Waals surface area contributed by atoms with Gasteiger partial charge in [0, 0.05) is 19.0 Å². The number of rotatable bonds is 5. The molecule has 0 aromatic carbocycles. The molecule has 5 heteroatoms. The largest absolute Gasteiger partial charge is 0.480 e. The number of carbonyl (C=O) groups excluding carboxylic acids is 1. The van der Waals surface area contributed by atoms with Crippen molar-refractivity contribution in [2.24, 2.45) is 0 Å². The number of amides is 1. The van der Waals surface area contributed by atoms with Crippen LogP contribution in [0.3, 0.4) is 0 Å². The third-order valence-electron chi connectivity index (χ3n) is 2.89. The molecule has 1 aliphatic rings. The fourth-order valence-electron chi connectivity index (χ4n) is 2.12. The van der Waals surface area contributed by atoms with E-state index in [1.165, 1.54) is 4.90 Å². The summed E-state index contributed by atoms with van der Waals surface area (Å²) in [6.07, 6.45) is 1.74. The minimum Gasteiger partial charge on any atom is -0.480 e. The maximum Gasteiger partial charge on any atom is 0.326 e. The molecule has 2 atom stereocenters. The van der Waals surface area contributed by atoms with Crippen molar-refractivity contribution in [2.75, 3.05) is 13.1 Å². The molecule has 0 aliphatic carbocycles. The Labute approximate surface area is 95.8 Å². The molecule has 0 spiro atoms. The zero-order valence-electron chi connectivity index (χ0n) is 9.90. The van der Waals surface area contributed by atoms with Crippen LogP contribution in [0.25, 0.3) is 0 Å². The van der Waals surface area contributed by atoms with Gasteiger partial charge in [-0.1, -0.05) is 6.92 Å². The van der Waals surface area contributed by atoms with Gasteiger partial charge in [-0.05, 0) is 26.3 Å². The van der Waals surface area contributed by atoms with Crippen LogP contribution in [0.1, 0.15) is 33.1 Å². The highest BCUT2D eigenvalue weighted by Crippen LogP contribution is 2.18. The van der Waals surface area contributed by atoms with Crippen LogP contribution in [0.4, 0.5) is 0 Å². The molecule has 16 heavy (non-hydrogen) atoms. The Morgan fingerprint density at radius 1 is 1.56 bits per heavy atom. The summed E-state index contributed by atoms with van der Waals surface area (Å²) in [5.41, 5.74) is 0. The van der Waals surface area contributed by atoms with Crippen LogP contribution in [0.5, 0.6) is 0 Å². The predicted octanol–water partition coefficient (Wildman–Crippen LogP) is 0.450. The molecule has 0 bridgehead atoms. The average Bonchev–Trinajstić information content (AvgIpc) is 2.65. The van der Waals surface area contributed by atoms with E-state index < -0.39 is 12.0 Å². The molecule has 1 fully saturated rings. The average molecular weight is 228 g/mol. The lowest BCUT2D eigenvalue weighted by atomic mass is 10.2.